The van der Waals surface area contributed by atoms with Crippen molar-refractivity contribution >= 4 is 104 Å². The average molecular weight is 1920 g/mol. The number of fused-ring (bicyclic) bond motifs is 2. The van der Waals surface area contributed by atoms with E-state index in [9.17, 15) is 39.6 Å². The molecular weight excluding hydrogens is 1800 g/mol. The molecule has 0 aliphatic carbocycles. The zero-order valence-corrected chi connectivity index (χ0v) is 82.0. The molecule has 12 aromatic rings. The van der Waals surface area contributed by atoms with Gasteiger partial charge in [0.2, 0.25) is 0 Å². The number of aromatic nitrogens is 7. The Bertz CT molecular complexity index is 6450. The SMILES string of the molecule is CC(C)(C)c1cc(NC(=O)Nc2ccc(OCCN3CCOCC3)c3ccccc23)n(-c2ccc(CN3CCS(=O)(=O)CC3)cc2)n1.CC(C)(C)c1cc(NC(=O)Nc2ccc(OCCN3CCOCC3)cc2)n(-c2ccc(CN3CCS(=O)(=O)CC3)cc2)n1.CC(C)(C)c1cc(NC(=O)Nc2ccc(OCCc3ccncc3)c3ccccc23)n(-c2ccc(CN3CCS(=O)(=O)CC3)cc2)n1. The number of amides is 6. The molecule has 9 heterocycles. The molecule has 17 rings (SSSR count). The highest BCUT2D eigenvalue weighted by molar-refractivity contribution is 7.92. The van der Waals surface area contributed by atoms with Crippen LogP contribution in [0.25, 0.3) is 38.6 Å². The lowest BCUT2D eigenvalue weighted by atomic mass is 9.92. The Morgan fingerprint density at radius 2 is 0.672 bits per heavy atom. The maximum absolute atomic E-state index is 13.5. The second-order valence-corrected chi connectivity index (χ2v) is 45.1. The molecule has 0 saturated carbocycles. The summed E-state index contributed by atoms with van der Waals surface area (Å²) in [5, 5.41) is 36.1. The number of carbonyl (C=O) groups is 3. The van der Waals surface area contributed by atoms with Crippen LogP contribution in [0.2, 0.25) is 0 Å². The molecule has 0 atom stereocenters. The Morgan fingerprint density at radius 3 is 1.02 bits per heavy atom. The molecule has 726 valence electrons. The standard InChI is InChI=1S/C36H40N6O4S.C35H44N6O5S.C31H42N6O5S/c1-36(2,3)33-24-34(42(40-33)28-10-8-27(9-11-28)25-41-19-22-47(44,45)23-20-41)39-35(43)38-31-12-13-32(30-7-5-4-6-29(30)31)46-21-16-26-14-17-37-18-15-26;1-35(2,3)32-24-33(41(38-32)27-10-8-26(9-11-27)25-40-17-22-47(43,44)23-18-40)37-34(42)36-30-12-13-31(29-7-5-4-6-28(29)30)46-21-16-39-14-19-45-20-15-39;1-31(2,3)28-22-29(37(34-28)26-8-4-24(5-9-26)23-36-15-20-43(39,40)21-16-36)33-30(38)32-25-6-10-27(11-7-25)42-19-14-35-12-17-41-18-13-35/h4-15,17-18,24H,16,19-23,25H2,1-3H3,(H2,38,39,43);4-13,24H,14-23,25H2,1-3H3,(H2,36,37,42);4-11,22H,12-21,23H2,1-3H3,(H2,32,33,38). The van der Waals surface area contributed by atoms with Crippen LogP contribution in [0, 0.1) is 0 Å². The van der Waals surface area contributed by atoms with E-state index in [4.69, 9.17) is 39.0 Å². The maximum Gasteiger partial charge on any atom is 0.324 e. The number of rotatable bonds is 27. The fraction of sp³-hybridized carbons (Fsp3) is 0.402. The summed E-state index contributed by atoms with van der Waals surface area (Å²) in [5.74, 6) is 5.15. The van der Waals surface area contributed by atoms with Gasteiger partial charge in [-0.2, -0.15) is 15.3 Å². The summed E-state index contributed by atoms with van der Waals surface area (Å²) in [4.78, 5) is 55.1. The molecule has 5 saturated heterocycles. The summed E-state index contributed by atoms with van der Waals surface area (Å²) in [6, 6.07) is 63.1. The van der Waals surface area contributed by atoms with E-state index in [1.54, 1.807) is 26.4 Å². The predicted molar refractivity (Wildman–Crippen MR) is 540 cm³/mol. The Morgan fingerprint density at radius 1 is 0.343 bits per heavy atom. The summed E-state index contributed by atoms with van der Waals surface area (Å²) in [6.07, 6.45) is 4.31. The van der Waals surface area contributed by atoms with Crippen LogP contribution in [-0.2, 0) is 81.3 Å². The summed E-state index contributed by atoms with van der Waals surface area (Å²) >= 11 is 0. The highest BCUT2D eigenvalue weighted by Crippen LogP contribution is 2.37. The minimum atomic E-state index is -2.92. The zero-order chi connectivity index (χ0) is 96.5. The van der Waals surface area contributed by atoms with Gasteiger partial charge >= 0.3 is 18.1 Å². The molecule has 0 bridgehead atoms. The summed E-state index contributed by atoms with van der Waals surface area (Å²) in [5.41, 5.74) is 10.7. The van der Waals surface area contributed by atoms with Crippen molar-refractivity contribution in [1.29, 1.82) is 0 Å². The van der Waals surface area contributed by atoms with Gasteiger partial charge in [0, 0.05) is 179 Å². The van der Waals surface area contributed by atoms with Crippen LogP contribution >= 0.6 is 0 Å². The van der Waals surface area contributed by atoms with Gasteiger partial charge in [0.05, 0.1) is 113 Å². The lowest BCUT2D eigenvalue weighted by Crippen LogP contribution is -2.39. The molecular formula is C102H126N18O14S3. The topological polar surface area (TPSA) is 355 Å². The largest absolute Gasteiger partial charge is 0.493 e. The minimum Gasteiger partial charge on any atom is -0.493 e. The molecule has 4 aromatic heterocycles. The first-order valence-corrected chi connectivity index (χ1v) is 52.2. The Labute approximate surface area is 802 Å². The van der Waals surface area contributed by atoms with Gasteiger partial charge in [-0.25, -0.2) is 53.7 Å². The maximum atomic E-state index is 13.5. The fourth-order valence-corrected chi connectivity index (χ4v) is 20.2. The van der Waals surface area contributed by atoms with Gasteiger partial charge in [-0.3, -0.25) is 45.4 Å². The molecule has 35 heteroatoms. The Kier molecular flexibility index (Phi) is 32.3. The van der Waals surface area contributed by atoms with Crippen LogP contribution in [-0.4, -0.2) is 261 Å². The van der Waals surface area contributed by atoms with Crippen LogP contribution in [0.4, 0.5) is 48.9 Å². The van der Waals surface area contributed by atoms with Gasteiger partial charge < -0.3 is 39.6 Å². The smallest absolute Gasteiger partial charge is 0.324 e. The third-order valence-electron chi connectivity index (χ3n) is 24.6. The molecule has 0 unspecified atom stereocenters. The molecule has 32 nitrogen and oxygen atoms in total. The second kappa shape index (κ2) is 44.5. The predicted octanol–water partition coefficient (Wildman–Crippen LogP) is 14.9. The van der Waals surface area contributed by atoms with E-state index in [1.165, 1.54) is 0 Å². The molecule has 8 aromatic carbocycles. The van der Waals surface area contributed by atoms with Crippen molar-refractivity contribution in [3.63, 3.8) is 0 Å². The number of morpholine rings is 2. The fourth-order valence-electron chi connectivity index (χ4n) is 16.3. The van der Waals surface area contributed by atoms with Gasteiger partial charge in [0.25, 0.3) is 0 Å². The van der Waals surface area contributed by atoms with Gasteiger partial charge in [-0.15, -0.1) is 0 Å². The van der Waals surface area contributed by atoms with E-state index >= 15 is 0 Å². The van der Waals surface area contributed by atoms with Crippen molar-refractivity contribution in [3.8, 4) is 34.3 Å². The third kappa shape index (κ3) is 28.1. The van der Waals surface area contributed by atoms with Crippen molar-refractivity contribution in [1.82, 2.24) is 58.8 Å². The van der Waals surface area contributed by atoms with E-state index < -0.39 is 29.5 Å². The number of nitrogens with one attached hydrogen (secondary N) is 6. The number of nitrogens with zero attached hydrogens (tertiary/aromatic N) is 12. The molecule has 5 aliphatic heterocycles. The van der Waals surface area contributed by atoms with Crippen molar-refractivity contribution in [2.45, 2.75) is 105 Å². The van der Waals surface area contributed by atoms with Gasteiger partial charge in [0.1, 0.15) is 47.9 Å². The first kappa shape index (κ1) is 99.3. The van der Waals surface area contributed by atoms with Gasteiger partial charge in [0.15, 0.2) is 29.5 Å². The van der Waals surface area contributed by atoms with Crippen molar-refractivity contribution in [2.24, 2.45) is 0 Å². The molecule has 5 aliphatic rings. The van der Waals surface area contributed by atoms with Crippen molar-refractivity contribution in [2.75, 3.05) is 191 Å². The van der Waals surface area contributed by atoms with Crippen LogP contribution in [0.1, 0.15) is 102 Å². The lowest BCUT2D eigenvalue weighted by molar-refractivity contribution is 0.0322. The summed E-state index contributed by atoms with van der Waals surface area (Å²) < 4.78 is 105. The lowest BCUT2D eigenvalue weighted by Gasteiger charge is -2.26. The van der Waals surface area contributed by atoms with E-state index in [1.807, 2.05) is 200 Å². The highest BCUT2D eigenvalue weighted by Gasteiger charge is 2.30. The highest BCUT2D eigenvalue weighted by atomic mass is 32.2. The quantitative estimate of drug-likeness (QED) is 0.0278. The number of hydrogen-bond donors (Lipinski definition) is 6. The van der Waals surface area contributed by atoms with E-state index in [-0.39, 0.29) is 68.9 Å². The first-order valence-electron chi connectivity index (χ1n) is 46.8. The van der Waals surface area contributed by atoms with E-state index in [2.05, 4.69) is 124 Å². The summed E-state index contributed by atoms with van der Waals surface area (Å²) in [6.45, 7) is 34.1. The summed E-state index contributed by atoms with van der Waals surface area (Å²) in [7, 11) is -8.75. The minimum absolute atomic E-state index is 0.200. The normalized spacial score (nSPS) is 16.7. The van der Waals surface area contributed by atoms with E-state index in [0.29, 0.717) is 113 Å². The Hall–Kier alpha value is -12.2. The number of sulfone groups is 3. The number of carbonyl (C=O) groups excluding carboxylic acids is 3. The number of ether oxygens (including phenoxy) is 5. The molecule has 0 radical (unpaired) electrons. The van der Waals surface area contributed by atoms with Crippen molar-refractivity contribution < 1.29 is 63.3 Å². The van der Waals surface area contributed by atoms with Crippen molar-refractivity contribution in [3.05, 3.63) is 252 Å². The van der Waals surface area contributed by atoms with Crippen LogP contribution < -0.4 is 46.1 Å². The Balaban J connectivity index is 0.000000156. The molecule has 137 heavy (non-hydrogen) atoms. The van der Waals surface area contributed by atoms with Crippen LogP contribution in [0.15, 0.2) is 213 Å². The van der Waals surface area contributed by atoms with Crippen LogP contribution in [0.3, 0.4) is 0 Å². The van der Waals surface area contributed by atoms with Crippen LogP contribution in [0.5, 0.6) is 17.2 Å². The second-order valence-electron chi connectivity index (χ2n) is 38.1. The first-order chi connectivity index (χ1) is 65.6. The molecule has 6 amide bonds. The number of benzene rings is 8. The molecule has 5 fully saturated rings. The number of hydrogen-bond acceptors (Lipinski definition) is 23. The van der Waals surface area contributed by atoms with Gasteiger partial charge in [-0.1, -0.05) is 147 Å². The zero-order valence-electron chi connectivity index (χ0n) is 79.5. The number of urea groups is 3. The van der Waals surface area contributed by atoms with E-state index in [0.717, 1.165) is 167 Å². The number of anilines is 6. The monoisotopic (exact) mass is 1920 g/mol. The molecule has 0 spiro atoms. The molecule has 6 N–H and O–H groups in total. The average Bonchev–Trinajstić information content (AvgIpc) is 1.68. The van der Waals surface area contributed by atoms with Gasteiger partial charge in [-0.05, 0) is 119 Å². The number of pyridine rings is 1. The third-order valence-corrected chi connectivity index (χ3v) is 29.4.